The van der Waals surface area contributed by atoms with Crippen LogP contribution in [0.5, 0.6) is 11.5 Å². The number of benzene rings is 5. The van der Waals surface area contributed by atoms with Gasteiger partial charge in [-0.1, -0.05) is 80.7 Å². The Hall–Kier alpha value is -5.95. The third kappa shape index (κ3) is 8.81. The quantitative estimate of drug-likeness (QED) is 0.142. The van der Waals surface area contributed by atoms with Crippen LogP contribution in [0.25, 0.3) is 11.4 Å². The lowest BCUT2D eigenvalue weighted by Gasteiger charge is -2.28. The monoisotopic (exact) mass is 874 g/mol. The fraction of sp³-hybridized carbons (Fsp3) is 0.178. The van der Waals surface area contributed by atoms with Crippen LogP contribution in [-0.2, 0) is 10.8 Å². The number of imidazole rings is 2. The van der Waals surface area contributed by atoms with Crippen LogP contribution in [-0.4, -0.2) is 39.2 Å². The highest BCUT2D eigenvalue weighted by Crippen LogP contribution is 2.40. The van der Waals surface area contributed by atoms with Crippen molar-refractivity contribution < 1.29 is 27.4 Å². The number of nitrogens with zero attached hydrogens (tertiary/aromatic N) is 4. The SMILES string of the molecule is COc1cc(C(C)(C)c2cnc(N)n2-c2ccc(F)cc2)ccc1Cl.COc1cc(C(C)(C)c2cnc(NC(=O)c3c(F)cccc3Cl)n2-c2ccc(F)cc2)ccc1Cl. The molecule has 0 saturated carbocycles. The number of rotatable bonds is 10. The van der Waals surface area contributed by atoms with Crippen LogP contribution in [0.1, 0.15) is 60.6 Å². The Kier molecular flexibility index (Phi) is 12.9. The zero-order valence-electron chi connectivity index (χ0n) is 33.3. The first-order valence-corrected chi connectivity index (χ1v) is 19.5. The van der Waals surface area contributed by atoms with E-state index in [0.29, 0.717) is 38.9 Å². The summed E-state index contributed by atoms with van der Waals surface area (Å²) in [7, 11) is 3.11. The van der Waals surface area contributed by atoms with Gasteiger partial charge >= 0.3 is 0 Å². The van der Waals surface area contributed by atoms with Gasteiger partial charge in [0.1, 0.15) is 29.0 Å². The molecule has 0 aliphatic carbocycles. The molecular formula is C45H40Cl3F3N6O3. The van der Waals surface area contributed by atoms with Crippen molar-refractivity contribution in [1.29, 1.82) is 0 Å². The molecule has 9 nitrogen and oxygen atoms in total. The van der Waals surface area contributed by atoms with Gasteiger partial charge in [-0.2, -0.15) is 0 Å². The number of amides is 1. The van der Waals surface area contributed by atoms with Gasteiger partial charge in [0.2, 0.25) is 11.9 Å². The zero-order valence-corrected chi connectivity index (χ0v) is 35.6. The number of anilines is 2. The highest BCUT2D eigenvalue weighted by molar-refractivity contribution is 6.34. The fourth-order valence-electron chi connectivity index (χ4n) is 6.67. The number of nitrogens with one attached hydrogen (secondary N) is 1. The number of nitrogen functional groups attached to an aromatic ring is 1. The van der Waals surface area contributed by atoms with E-state index in [-0.39, 0.29) is 22.4 Å². The molecule has 15 heteroatoms. The summed E-state index contributed by atoms with van der Waals surface area (Å²) >= 11 is 18.4. The summed E-state index contributed by atoms with van der Waals surface area (Å²) in [5.41, 5.74) is 9.37. The van der Waals surface area contributed by atoms with E-state index in [1.807, 2.05) is 42.7 Å². The first kappa shape index (κ1) is 43.6. The van der Waals surface area contributed by atoms with Crippen LogP contribution < -0.4 is 20.5 Å². The normalized spacial score (nSPS) is 11.5. The van der Waals surface area contributed by atoms with Crippen molar-refractivity contribution in [2.75, 3.05) is 25.3 Å². The minimum atomic E-state index is -0.764. The van der Waals surface area contributed by atoms with Crippen LogP contribution in [0.2, 0.25) is 15.1 Å². The van der Waals surface area contributed by atoms with Crippen molar-refractivity contribution >= 4 is 52.6 Å². The number of carbonyl (C=O) groups excluding carboxylic acids is 1. The lowest BCUT2D eigenvalue weighted by atomic mass is 9.81. The molecule has 0 atom stereocenters. The van der Waals surface area contributed by atoms with Gasteiger partial charge in [-0.25, -0.2) is 23.1 Å². The van der Waals surface area contributed by atoms with Crippen LogP contribution in [0.15, 0.2) is 116 Å². The molecule has 60 heavy (non-hydrogen) atoms. The highest BCUT2D eigenvalue weighted by Gasteiger charge is 2.32. The maximum Gasteiger partial charge on any atom is 0.262 e. The van der Waals surface area contributed by atoms with E-state index >= 15 is 0 Å². The molecule has 7 aromatic rings. The van der Waals surface area contributed by atoms with Gasteiger partial charge < -0.3 is 15.2 Å². The summed E-state index contributed by atoms with van der Waals surface area (Å²) in [6.07, 6.45) is 3.34. The summed E-state index contributed by atoms with van der Waals surface area (Å²) < 4.78 is 55.5. The average molecular weight is 876 g/mol. The molecule has 2 heterocycles. The van der Waals surface area contributed by atoms with E-state index in [1.165, 1.54) is 43.5 Å². The Bertz CT molecular complexity index is 2640. The Morgan fingerprint density at radius 3 is 1.60 bits per heavy atom. The molecule has 0 bridgehead atoms. The predicted octanol–water partition coefficient (Wildman–Crippen LogP) is 11.6. The first-order valence-electron chi connectivity index (χ1n) is 18.3. The van der Waals surface area contributed by atoms with Gasteiger partial charge in [0.25, 0.3) is 5.91 Å². The predicted molar refractivity (Wildman–Crippen MR) is 231 cm³/mol. The van der Waals surface area contributed by atoms with E-state index in [0.717, 1.165) is 28.6 Å². The summed E-state index contributed by atoms with van der Waals surface area (Å²) in [6, 6.07) is 26.9. The Morgan fingerprint density at radius 2 is 1.12 bits per heavy atom. The van der Waals surface area contributed by atoms with Gasteiger partial charge in [-0.05, 0) is 96.1 Å². The van der Waals surface area contributed by atoms with Crippen molar-refractivity contribution in [3.63, 3.8) is 0 Å². The lowest BCUT2D eigenvalue weighted by molar-refractivity contribution is 0.102. The van der Waals surface area contributed by atoms with Gasteiger partial charge in [-0.15, -0.1) is 0 Å². The van der Waals surface area contributed by atoms with Crippen LogP contribution in [0, 0.1) is 17.5 Å². The van der Waals surface area contributed by atoms with Crippen LogP contribution >= 0.6 is 34.8 Å². The Labute approximate surface area is 360 Å². The van der Waals surface area contributed by atoms with E-state index in [4.69, 9.17) is 50.0 Å². The molecule has 0 radical (unpaired) electrons. The van der Waals surface area contributed by atoms with Crippen molar-refractivity contribution in [3.05, 3.63) is 176 Å². The second-order valence-electron chi connectivity index (χ2n) is 14.6. The van der Waals surface area contributed by atoms with Gasteiger partial charge in [0.15, 0.2) is 0 Å². The average Bonchev–Trinajstić information content (AvgIpc) is 3.83. The third-order valence-electron chi connectivity index (χ3n) is 10.2. The number of carbonyl (C=O) groups is 1. The second kappa shape index (κ2) is 17.7. The number of methoxy groups -OCH3 is 2. The summed E-state index contributed by atoms with van der Waals surface area (Å²) in [6.45, 7) is 8.05. The van der Waals surface area contributed by atoms with Crippen molar-refractivity contribution in [3.8, 4) is 22.9 Å². The van der Waals surface area contributed by atoms with Crippen molar-refractivity contribution in [2.45, 2.75) is 38.5 Å². The smallest absolute Gasteiger partial charge is 0.262 e. The molecule has 310 valence electrons. The number of halogens is 6. The number of hydrogen-bond acceptors (Lipinski definition) is 6. The molecule has 0 aliphatic rings. The van der Waals surface area contributed by atoms with E-state index < -0.39 is 28.4 Å². The molecule has 5 aromatic carbocycles. The Balaban J connectivity index is 0.000000213. The number of hydrogen-bond donors (Lipinski definition) is 2. The van der Waals surface area contributed by atoms with Gasteiger partial charge in [0, 0.05) is 22.2 Å². The molecule has 0 aliphatic heterocycles. The molecule has 3 N–H and O–H groups in total. The number of nitrogens with two attached hydrogens (primary N) is 1. The maximum absolute atomic E-state index is 14.4. The number of aromatic nitrogens is 4. The maximum atomic E-state index is 14.4. The van der Waals surface area contributed by atoms with E-state index in [2.05, 4.69) is 29.1 Å². The fourth-order valence-corrected chi connectivity index (χ4v) is 7.31. The van der Waals surface area contributed by atoms with Gasteiger partial charge in [0.05, 0.1) is 58.6 Å². The summed E-state index contributed by atoms with van der Waals surface area (Å²) in [4.78, 5) is 21.6. The highest BCUT2D eigenvalue weighted by atomic mass is 35.5. The minimum Gasteiger partial charge on any atom is -0.495 e. The molecular weight excluding hydrogens is 836 g/mol. The standard InChI is InChI=1S/C26H21Cl2F2N3O2.C19H19ClFN3O/c1-26(2,15-7-12-18(27)21(13-15)35-3)22-14-31-25(33(22)17-10-8-16(29)9-11-17)32-24(34)23-19(28)5-4-6-20(23)30;1-19(2,12-4-9-15(20)16(10-12)25-3)17-11-23-18(22)24(17)14-7-5-13(21)6-8-14/h4-14H,1-3H3,(H,31,32,34);4-11H,1-3H3,(H2,22,23). The summed E-state index contributed by atoms with van der Waals surface area (Å²) in [5.74, 6) is -0.670. The van der Waals surface area contributed by atoms with Crippen molar-refractivity contribution in [2.24, 2.45) is 0 Å². The van der Waals surface area contributed by atoms with E-state index in [1.54, 1.807) is 60.5 Å². The molecule has 0 fully saturated rings. The molecule has 2 aromatic heterocycles. The van der Waals surface area contributed by atoms with E-state index in [9.17, 15) is 18.0 Å². The largest absolute Gasteiger partial charge is 0.495 e. The lowest BCUT2D eigenvalue weighted by Crippen LogP contribution is -2.24. The molecule has 0 unspecified atom stereocenters. The van der Waals surface area contributed by atoms with Crippen LogP contribution in [0.3, 0.4) is 0 Å². The van der Waals surface area contributed by atoms with Crippen molar-refractivity contribution in [1.82, 2.24) is 19.1 Å². The second-order valence-corrected chi connectivity index (χ2v) is 15.8. The number of ether oxygens (including phenoxy) is 2. The molecule has 0 saturated heterocycles. The molecule has 7 rings (SSSR count). The summed E-state index contributed by atoms with van der Waals surface area (Å²) in [5, 5.41) is 3.63. The van der Waals surface area contributed by atoms with Gasteiger partial charge in [-0.3, -0.25) is 19.2 Å². The van der Waals surface area contributed by atoms with Crippen LogP contribution in [0.4, 0.5) is 25.1 Å². The topological polar surface area (TPSA) is 109 Å². The minimum absolute atomic E-state index is 0.0313. The third-order valence-corrected chi connectivity index (χ3v) is 11.1. The zero-order chi connectivity index (χ0) is 43.5. The first-order chi connectivity index (χ1) is 28.5. The Morgan fingerprint density at radius 1 is 0.650 bits per heavy atom. The molecule has 0 spiro atoms. The molecule has 1 amide bonds.